The van der Waals surface area contributed by atoms with Crippen molar-refractivity contribution >= 4 is 11.6 Å². The molecule has 1 aliphatic rings. The first-order valence-corrected chi connectivity index (χ1v) is 9.77. The fourth-order valence-electron chi connectivity index (χ4n) is 3.86. The van der Waals surface area contributed by atoms with Crippen molar-refractivity contribution in [1.29, 1.82) is 0 Å². The van der Waals surface area contributed by atoms with Gasteiger partial charge in [-0.2, -0.15) is 0 Å². The number of nitrogens with zero attached hydrogens (tertiary/aromatic N) is 1. The van der Waals surface area contributed by atoms with E-state index in [0.717, 1.165) is 62.1 Å². The van der Waals surface area contributed by atoms with Crippen LogP contribution < -0.4 is 5.32 Å². The summed E-state index contributed by atoms with van der Waals surface area (Å²) in [7, 11) is 0. The largest absolute Gasteiger partial charge is 0.325 e. The molecule has 1 N–H and O–H groups in total. The quantitative estimate of drug-likeness (QED) is 0.826. The number of rotatable bonds is 6. The van der Waals surface area contributed by atoms with Crippen LogP contribution in [0.5, 0.6) is 0 Å². The molecule has 1 saturated heterocycles. The van der Waals surface area contributed by atoms with Gasteiger partial charge in [-0.3, -0.25) is 4.79 Å². The van der Waals surface area contributed by atoms with Gasteiger partial charge in [-0.1, -0.05) is 48.5 Å². The third-order valence-electron chi connectivity index (χ3n) is 5.39. The highest BCUT2D eigenvalue weighted by molar-refractivity contribution is 5.94. The molecule has 0 aliphatic carbocycles. The summed E-state index contributed by atoms with van der Waals surface area (Å²) in [6, 6.07) is 16.8. The van der Waals surface area contributed by atoms with Crippen LogP contribution in [0.4, 0.5) is 5.69 Å². The van der Waals surface area contributed by atoms with Crippen molar-refractivity contribution in [2.75, 3.05) is 25.0 Å². The minimum absolute atomic E-state index is 0.0967. The van der Waals surface area contributed by atoms with Crippen LogP contribution in [0, 0.1) is 19.8 Å². The van der Waals surface area contributed by atoms with E-state index in [4.69, 9.17) is 0 Å². The number of likely N-dealkylation sites (tertiary alicyclic amines) is 1. The number of benzene rings is 2. The summed E-state index contributed by atoms with van der Waals surface area (Å²) in [6.45, 7) is 7.17. The molecule has 3 rings (SSSR count). The Hall–Kier alpha value is -2.13. The van der Waals surface area contributed by atoms with Gasteiger partial charge in [0.25, 0.3) is 0 Å². The van der Waals surface area contributed by atoms with Crippen molar-refractivity contribution in [3.8, 4) is 0 Å². The smallest absolute Gasteiger partial charge is 0.228 e. The summed E-state index contributed by atoms with van der Waals surface area (Å²) in [4.78, 5) is 15.2. The highest BCUT2D eigenvalue weighted by Crippen LogP contribution is 2.23. The number of hydrogen-bond acceptors (Lipinski definition) is 2. The molecule has 3 heteroatoms. The second kappa shape index (κ2) is 9.00. The SMILES string of the molecule is Cc1cccc(C)c1NC(=O)[C@H]1CCCN(CCCc2ccccc2)C1. The Balaban J connectivity index is 1.50. The summed E-state index contributed by atoms with van der Waals surface area (Å²) in [6.07, 6.45) is 4.36. The number of aryl methyl sites for hydroxylation is 3. The Morgan fingerprint density at radius 1 is 1.08 bits per heavy atom. The molecule has 138 valence electrons. The lowest BCUT2D eigenvalue weighted by molar-refractivity contribution is -0.121. The Kier molecular flexibility index (Phi) is 6.45. The molecule has 1 atom stereocenters. The van der Waals surface area contributed by atoms with Gasteiger partial charge in [0.2, 0.25) is 5.91 Å². The van der Waals surface area contributed by atoms with Gasteiger partial charge in [0.15, 0.2) is 0 Å². The van der Waals surface area contributed by atoms with Gasteiger partial charge in [-0.25, -0.2) is 0 Å². The minimum atomic E-state index is 0.0967. The number of piperidine rings is 1. The van der Waals surface area contributed by atoms with E-state index in [1.54, 1.807) is 0 Å². The topological polar surface area (TPSA) is 32.3 Å². The molecule has 2 aromatic carbocycles. The summed E-state index contributed by atoms with van der Waals surface area (Å²) >= 11 is 0. The molecule has 3 nitrogen and oxygen atoms in total. The monoisotopic (exact) mass is 350 g/mol. The van der Waals surface area contributed by atoms with Crippen molar-refractivity contribution in [3.05, 3.63) is 65.2 Å². The Bertz CT molecular complexity index is 706. The predicted octanol–water partition coefficient (Wildman–Crippen LogP) is 4.59. The Labute approximate surface area is 157 Å². The van der Waals surface area contributed by atoms with Crippen LogP contribution in [0.1, 0.15) is 36.0 Å². The lowest BCUT2D eigenvalue weighted by atomic mass is 9.96. The first kappa shape index (κ1) is 18.7. The lowest BCUT2D eigenvalue weighted by Gasteiger charge is -2.32. The van der Waals surface area contributed by atoms with E-state index in [1.165, 1.54) is 5.56 Å². The Morgan fingerprint density at radius 3 is 2.54 bits per heavy atom. The maximum atomic E-state index is 12.8. The van der Waals surface area contributed by atoms with Crippen LogP contribution >= 0.6 is 0 Å². The van der Waals surface area contributed by atoms with Crippen LogP contribution in [0.25, 0.3) is 0 Å². The zero-order chi connectivity index (χ0) is 18.4. The van der Waals surface area contributed by atoms with Crippen molar-refractivity contribution < 1.29 is 4.79 Å². The molecular formula is C23H30N2O. The van der Waals surface area contributed by atoms with Crippen LogP contribution in [0.15, 0.2) is 48.5 Å². The highest BCUT2D eigenvalue weighted by Gasteiger charge is 2.26. The van der Waals surface area contributed by atoms with Crippen molar-refractivity contribution in [3.63, 3.8) is 0 Å². The van der Waals surface area contributed by atoms with Gasteiger partial charge < -0.3 is 10.2 Å². The number of hydrogen-bond donors (Lipinski definition) is 1. The molecule has 0 unspecified atom stereocenters. The highest BCUT2D eigenvalue weighted by atomic mass is 16.1. The number of para-hydroxylation sites is 1. The molecule has 0 saturated carbocycles. The number of anilines is 1. The summed E-state index contributed by atoms with van der Waals surface area (Å²) in [5.74, 6) is 0.273. The number of nitrogens with one attached hydrogen (secondary N) is 1. The van der Waals surface area contributed by atoms with Crippen LogP contribution in [-0.2, 0) is 11.2 Å². The molecule has 0 spiro atoms. The molecule has 1 aliphatic heterocycles. The van der Waals surface area contributed by atoms with Crippen molar-refractivity contribution in [2.24, 2.45) is 5.92 Å². The second-order valence-corrected chi connectivity index (χ2v) is 7.48. The predicted molar refractivity (Wildman–Crippen MR) is 108 cm³/mol. The number of carbonyl (C=O) groups excluding carboxylic acids is 1. The van der Waals surface area contributed by atoms with Crippen molar-refractivity contribution in [2.45, 2.75) is 39.5 Å². The van der Waals surface area contributed by atoms with E-state index in [-0.39, 0.29) is 11.8 Å². The first-order chi connectivity index (χ1) is 12.6. The van der Waals surface area contributed by atoms with Gasteiger partial charge in [-0.05, 0) is 69.3 Å². The average Bonchev–Trinajstić information content (AvgIpc) is 2.66. The van der Waals surface area contributed by atoms with Crippen molar-refractivity contribution in [1.82, 2.24) is 4.90 Å². The first-order valence-electron chi connectivity index (χ1n) is 9.77. The van der Waals surface area contributed by atoms with Crippen LogP contribution in [0.3, 0.4) is 0 Å². The van der Waals surface area contributed by atoms with Gasteiger partial charge in [0, 0.05) is 12.2 Å². The molecule has 0 radical (unpaired) electrons. The van der Waals surface area contributed by atoms with Gasteiger partial charge >= 0.3 is 0 Å². The minimum Gasteiger partial charge on any atom is -0.325 e. The average molecular weight is 351 g/mol. The third kappa shape index (κ3) is 4.95. The van der Waals surface area contributed by atoms with E-state index in [1.807, 2.05) is 6.07 Å². The molecule has 1 fully saturated rings. The summed E-state index contributed by atoms with van der Waals surface area (Å²) in [5, 5.41) is 3.19. The zero-order valence-electron chi connectivity index (χ0n) is 16.0. The van der Waals surface area contributed by atoms with Gasteiger partial charge in [0.05, 0.1) is 5.92 Å². The molecular weight excluding hydrogens is 320 g/mol. The molecule has 1 amide bonds. The van der Waals surface area contributed by atoms with Gasteiger partial charge in [0.1, 0.15) is 0 Å². The second-order valence-electron chi connectivity index (χ2n) is 7.48. The maximum absolute atomic E-state index is 12.8. The van der Waals surface area contributed by atoms with E-state index < -0.39 is 0 Å². The normalized spacial score (nSPS) is 17.8. The Morgan fingerprint density at radius 2 is 1.81 bits per heavy atom. The molecule has 0 bridgehead atoms. The lowest BCUT2D eigenvalue weighted by Crippen LogP contribution is -2.41. The fourth-order valence-corrected chi connectivity index (χ4v) is 3.86. The molecule has 2 aromatic rings. The number of carbonyl (C=O) groups is 1. The number of amides is 1. The van der Waals surface area contributed by atoms with Crippen LogP contribution in [0.2, 0.25) is 0 Å². The maximum Gasteiger partial charge on any atom is 0.228 e. The van der Waals surface area contributed by atoms with E-state index in [0.29, 0.717) is 0 Å². The summed E-state index contributed by atoms with van der Waals surface area (Å²) in [5.41, 5.74) is 4.65. The fraction of sp³-hybridized carbons (Fsp3) is 0.435. The standard InChI is InChI=1S/C23H30N2O/c1-18-9-6-10-19(2)22(18)24-23(26)21-14-8-16-25(17-21)15-7-13-20-11-4-3-5-12-20/h3-6,9-12,21H,7-8,13-17H2,1-2H3,(H,24,26)/t21-/m0/s1. The van der Waals surface area contributed by atoms with Crippen LogP contribution in [-0.4, -0.2) is 30.4 Å². The van der Waals surface area contributed by atoms with E-state index >= 15 is 0 Å². The zero-order valence-corrected chi connectivity index (χ0v) is 16.0. The molecule has 26 heavy (non-hydrogen) atoms. The van der Waals surface area contributed by atoms with Gasteiger partial charge in [-0.15, -0.1) is 0 Å². The molecule has 1 heterocycles. The third-order valence-corrected chi connectivity index (χ3v) is 5.39. The molecule has 0 aromatic heterocycles. The van der Waals surface area contributed by atoms with E-state index in [9.17, 15) is 4.79 Å². The summed E-state index contributed by atoms with van der Waals surface area (Å²) < 4.78 is 0. The van der Waals surface area contributed by atoms with E-state index in [2.05, 4.69) is 66.5 Å².